The van der Waals surface area contributed by atoms with Crippen molar-refractivity contribution in [2.24, 2.45) is 0 Å². The number of hydrogen-bond acceptors (Lipinski definition) is 2. The minimum atomic E-state index is -0.308. The van der Waals surface area contributed by atoms with Crippen molar-refractivity contribution in [2.75, 3.05) is 19.3 Å². The summed E-state index contributed by atoms with van der Waals surface area (Å²) in [5.74, 6) is 2.06. The fraction of sp³-hybridized carbons (Fsp3) is 0.182. The first kappa shape index (κ1) is 12.7. The summed E-state index contributed by atoms with van der Waals surface area (Å²) in [4.78, 5) is 13.2. The molecule has 0 spiro atoms. The van der Waals surface area contributed by atoms with Crippen LogP contribution in [0.15, 0.2) is 12.1 Å². The smallest absolute Gasteiger partial charge is 0.256 e. The Morgan fingerprint density at radius 1 is 1.56 bits per heavy atom. The van der Waals surface area contributed by atoms with Crippen LogP contribution in [0.3, 0.4) is 0 Å². The number of carbonyl (C=O) groups is 1. The van der Waals surface area contributed by atoms with Crippen LogP contribution in [0.1, 0.15) is 10.4 Å². The van der Waals surface area contributed by atoms with Crippen molar-refractivity contribution in [1.82, 2.24) is 4.90 Å². The summed E-state index contributed by atoms with van der Waals surface area (Å²) in [7, 11) is 1.58. The number of hydrogen-bond donors (Lipinski definition) is 1. The molecule has 0 heterocycles. The number of terminal acetylenes is 1. The van der Waals surface area contributed by atoms with E-state index in [1.807, 2.05) is 0 Å². The zero-order valence-electron chi connectivity index (χ0n) is 8.63. The van der Waals surface area contributed by atoms with E-state index in [9.17, 15) is 4.79 Å². The zero-order chi connectivity index (χ0) is 12.3. The molecule has 0 aliphatic rings. The summed E-state index contributed by atoms with van der Waals surface area (Å²) in [5.41, 5.74) is 6.22. The molecule has 5 heteroatoms. The Labute approximate surface area is 104 Å². The molecule has 2 N–H and O–H groups in total. The van der Waals surface area contributed by atoms with Crippen LogP contribution in [-0.2, 0) is 0 Å². The van der Waals surface area contributed by atoms with Crippen LogP contribution in [0.2, 0.25) is 10.0 Å². The van der Waals surface area contributed by atoms with E-state index < -0.39 is 0 Å². The van der Waals surface area contributed by atoms with Gasteiger partial charge in [0.1, 0.15) is 0 Å². The van der Waals surface area contributed by atoms with Crippen LogP contribution in [0.25, 0.3) is 0 Å². The van der Waals surface area contributed by atoms with Gasteiger partial charge in [0.15, 0.2) is 0 Å². The lowest BCUT2D eigenvalue weighted by Crippen LogP contribution is -2.27. The Kier molecular flexibility index (Phi) is 4.05. The Balaban J connectivity index is 3.14. The number of nitrogen functional groups attached to an aromatic ring is 1. The number of nitrogens with two attached hydrogens (primary N) is 1. The quantitative estimate of drug-likeness (QED) is 0.652. The largest absolute Gasteiger partial charge is 0.399 e. The van der Waals surface area contributed by atoms with Gasteiger partial charge in [0.05, 0.1) is 22.2 Å². The maximum Gasteiger partial charge on any atom is 0.256 e. The maximum absolute atomic E-state index is 11.9. The van der Waals surface area contributed by atoms with Gasteiger partial charge in [-0.2, -0.15) is 0 Å². The first-order chi connectivity index (χ1) is 7.47. The predicted octanol–water partition coefficient (Wildman–Crippen LogP) is 2.28. The van der Waals surface area contributed by atoms with E-state index in [1.54, 1.807) is 7.05 Å². The van der Waals surface area contributed by atoms with Crippen molar-refractivity contribution in [3.8, 4) is 12.3 Å². The van der Waals surface area contributed by atoms with Gasteiger partial charge >= 0.3 is 0 Å². The topological polar surface area (TPSA) is 46.3 Å². The van der Waals surface area contributed by atoms with Crippen molar-refractivity contribution in [1.29, 1.82) is 0 Å². The van der Waals surface area contributed by atoms with E-state index in [0.29, 0.717) is 5.69 Å². The number of anilines is 1. The minimum Gasteiger partial charge on any atom is -0.399 e. The number of carbonyl (C=O) groups excluding carboxylic acids is 1. The Bertz CT molecular complexity index is 466. The van der Waals surface area contributed by atoms with Gasteiger partial charge in [-0.3, -0.25) is 4.79 Å². The summed E-state index contributed by atoms with van der Waals surface area (Å²) in [6.45, 7) is 0.196. The second-order valence-corrected chi connectivity index (χ2v) is 4.01. The van der Waals surface area contributed by atoms with Crippen LogP contribution in [-0.4, -0.2) is 24.4 Å². The van der Waals surface area contributed by atoms with E-state index in [2.05, 4.69) is 5.92 Å². The van der Waals surface area contributed by atoms with Gasteiger partial charge in [-0.1, -0.05) is 29.1 Å². The highest BCUT2D eigenvalue weighted by molar-refractivity contribution is 6.44. The molecule has 1 aromatic carbocycles. The molecule has 1 aromatic rings. The summed E-state index contributed by atoms with van der Waals surface area (Å²) in [5, 5.41) is 0.434. The van der Waals surface area contributed by atoms with Crippen LogP contribution >= 0.6 is 23.2 Å². The highest BCUT2D eigenvalue weighted by Gasteiger charge is 2.17. The first-order valence-electron chi connectivity index (χ1n) is 4.40. The van der Waals surface area contributed by atoms with Crippen molar-refractivity contribution in [3.05, 3.63) is 27.7 Å². The van der Waals surface area contributed by atoms with Crippen molar-refractivity contribution < 1.29 is 4.79 Å². The molecule has 0 saturated carbocycles. The minimum absolute atomic E-state index is 0.185. The monoisotopic (exact) mass is 256 g/mol. The second kappa shape index (κ2) is 5.11. The Morgan fingerprint density at radius 2 is 2.19 bits per heavy atom. The molecule has 16 heavy (non-hydrogen) atoms. The maximum atomic E-state index is 11.9. The molecule has 1 rings (SSSR count). The molecule has 84 valence electrons. The lowest BCUT2D eigenvalue weighted by molar-refractivity contribution is 0.0813. The van der Waals surface area contributed by atoms with E-state index in [4.69, 9.17) is 35.4 Å². The van der Waals surface area contributed by atoms with Crippen molar-refractivity contribution in [2.45, 2.75) is 0 Å². The highest BCUT2D eigenvalue weighted by atomic mass is 35.5. The Morgan fingerprint density at radius 3 is 2.75 bits per heavy atom. The normalized spacial score (nSPS) is 9.62. The third-order valence-corrected chi connectivity index (χ3v) is 2.76. The second-order valence-electron chi connectivity index (χ2n) is 3.23. The van der Waals surface area contributed by atoms with Crippen molar-refractivity contribution >= 4 is 34.8 Å². The molecule has 3 nitrogen and oxygen atoms in total. The fourth-order valence-electron chi connectivity index (χ4n) is 1.18. The molecule has 0 aliphatic carbocycles. The highest BCUT2D eigenvalue weighted by Crippen LogP contribution is 2.29. The van der Waals surface area contributed by atoms with Gasteiger partial charge in [0.2, 0.25) is 0 Å². The SMILES string of the molecule is C#CCN(C)C(=O)c1cc(N)cc(Cl)c1Cl. The number of benzene rings is 1. The lowest BCUT2D eigenvalue weighted by Gasteiger charge is -2.15. The summed E-state index contributed by atoms with van der Waals surface area (Å²) < 4.78 is 0. The van der Waals surface area contributed by atoms with Gasteiger partial charge in [-0.25, -0.2) is 0 Å². The lowest BCUT2D eigenvalue weighted by atomic mass is 10.1. The van der Waals surface area contributed by atoms with Crippen LogP contribution in [0.5, 0.6) is 0 Å². The van der Waals surface area contributed by atoms with Gasteiger partial charge in [-0.05, 0) is 12.1 Å². The zero-order valence-corrected chi connectivity index (χ0v) is 10.1. The molecule has 0 bridgehead atoms. The Hall–Kier alpha value is -1.37. The van der Waals surface area contributed by atoms with Gasteiger partial charge in [-0.15, -0.1) is 6.42 Å². The first-order valence-corrected chi connectivity index (χ1v) is 5.16. The molecular formula is C11H10Cl2N2O. The van der Waals surface area contributed by atoms with E-state index in [-0.39, 0.29) is 28.1 Å². The number of rotatable bonds is 2. The molecular weight excluding hydrogens is 247 g/mol. The van der Waals surface area contributed by atoms with E-state index >= 15 is 0 Å². The van der Waals surface area contributed by atoms with Gasteiger partial charge in [0, 0.05) is 12.7 Å². The van der Waals surface area contributed by atoms with Gasteiger partial charge < -0.3 is 10.6 Å². The standard InChI is InChI=1S/C11H10Cl2N2O/c1-3-4-15(2)11(16)8-5-7(14)6-9(12)10(8)13/h1,5-6H,4,14H2,2H3. The molecule has 0 aromatic heterocycles. The summed E-state index contributed by atoms with van der Waals surface area (Å²) in [6.07, 6.45) is 5.12. The van der Waals surface area contributed by atoms with Crippen LogP contribution < -0.4 is 5.73 Å². The number of nitrogens with zero attached hydrogens (tertiary/aromatic N) is 1. The van der Waals surface area contributed by atoms with Gasteiger partial charge in [0.25, 0.3) is 5.91 Å². The fourth-order valence-corrected chi connectivity index (χ4v) is 1.60. The van der Waals surface area contributed by atoms with E-state index in [0.717, 1.165) is 0 Å². The van der Waals surface area contributed by atoms with Crippen LogP contribution in [0, 0.1) is 12.3 Å². The number of halogens is 2. The average Bonchev–Trinajstić information content (AvgIpc) is 2.22. The summed E-state index contributed by atoms with van der Waals surface area (Å²) in [6, 6.07) is 2.96. The third-order valence-electron chi connectivity index (χ3n) is 1.96. The summed E-state index contributed by atoms with van der Waals surface area (Å²) >= 11 is 11.7. The predicted molar refractivity (Wildman–Crippen MR) is 66.7 cm³/mol. The van der Waals surface area contributed by atoms with Crippen LogP contribution in [0.4, 0.5) is 5.69 Å². The molecule has 0 saturated heterocycles. The van der Waals surface area contributed by atoms with Crippen molar-refractivity contribution in [3.63, 3.8) is 0 Å². The molecule has 0 fully saturated rings. The number of amides is 1. The van der Waals surface area contributed by atoms with E-state index in [1.165, 1.54) is 17.0 Å². The molecule has 0 aliphatic heterocycles. The average molecular weight is 257 g/mol. The molecule has 0 atom stereocenters. The molecule has 0 radical (unpaired) electrons. The third kappa shape index (κ3) is 2.60. The molecule has 1 amide bonds. The molecule has 0 unspecified atom stereocenters.